The predicted molar refractivity (Wildman–Crippen MR) is 67.4 cm³/mol. The molecule has 1 aromatic carbocycles. The molecule has 0 spiro atoms. The van der Waals surface area contributed by atoms with Crippen LogP contribution in [0.15, 0.2) is 24.3 Å². The topological polar surface area (TPSA) is 29.1 Å². The molecule has 1 fully saturated rings. The summed E-state index contributed by atoms with van der Waals surface area (Å²) in [6.45, 7) is 0. The zero-order chi connectivity index (χ0) is 13.3. The SMILES string of the molecule is O=C1NC(S)SC1Cc1ccccc1C(F)(F)F. The number of rotatable bonds is 2. The molecule has 1 aliphatic rings. The van der Waals surface area contributed by atoms with Crippen molar-refractivity contribution >= 4 is 30.3 Å². The van der Waals surface area contributed by atoms with E-state index in [1.165, 1.54) is 23.9 Å². The molecular formula is C11H10F3NOS2. The van der Waals surface area contributed by atoms with Crippen molar-refractivity contribution in [1.29, 1.82) is 0 Å². The van der Waals surface area contributed by atoms with Crippen molar-refractivity contribution in [2.24, 2.45) is 0 Å². The van der Waals surface area contributed by atoms with Gasteiger partial charge in [-0.3, -0.25) is 4.79 Å². The molecule has 0 bridgehead atoms. The minimum Gasteiger partial charge on any atom is -0.335 e. The lowest BCUT2D eigenvalue weighted by Crippen LogP contribution is -2.26. The molecule has 2 unspecified atom stereocenters. The van der Waals surface area contributed by atoms with Crippen molar-refractivity contribution in [1.82, 2.24) is 5.32 Å². The second-order valence-electron chi connectivity index (χ2n) is 3.84. The second-order valence-corrected chi connectivity index (χ2v) is 6.02. The normalized spacial score (nSPS) is 24.1. The molecule has 18 heavy (non-hydrogen) atoms. The Balaban J connectivity index is 2.22. The summed E-state index contributed by atoms with van der Waals surface area (Å²) >= 11 is 5.29. The number of thiol groups is 1. The van der Waals surface area contributed by atoms with Crippen LogP contribution in [0.3, 0.4) is 0 Å². The van der Waals surface area contributed by atoms with Crippen LogP contribution in [0, 0.1) is 0 Å². The molecule has 1 N–H and O–H groups in total. The smallest absolute Gasteiger partial charge is 0.335 e. The summed E-state index contributed by atoms with van der Waals surface area (Å²) in [5, 5.41) is 2.03. The summed E-state index contributed by atoms with van der Waals surface area (Å²) in [6.07, 6.45) is -4.33. The number of benzene rings is 1. The van der Waals surface area contributed by atoms with Gasteiger partial charge in [0.2, 0.25) is 5.91 Å². The van der Waals surface area contributed by atoms with Crippen LogP contribution in [0.4, 0.5) is 13.2 Å². The van der Waals surface area contributed by atoms with Crippen molar-refractivity contribution in [2.75, 3.05) is 0 Å². The predicted octanol–water partition coefficient (Wildman–Crippen LogP) is 2.69. The van der Waals surface area contributed by atoms with Crippen molar-refractivity contribution in [3.63, 3.8) is 0 Å². The molecule has 1 aromatic rings. The Labute approximate surface area is 112 Å². The number of halogens is 3. The van der Waals surface area contributed by atoms with E-state index in [2.05, 4.69) is 17.9 Å². The summed E-state index contributed by atoms with van der Waals surface area (Å²) in [5.74, 6) is -0.267. The number of nitrogens with one attached hydrogen (secondary N) is 1. The number of alkyl halides is 3. The average Bonchev–Trinajstić information content (AvgIpc) is 2.57. The fourth-order valence-corrected chi connectivity index (χ4v) is 3.31. The van der Waals surface area contributed by atoms with E-state index in [1.807, 2.05) is 0 Å². The molecule has 0 aliphatic carbocycles. The Bertz CT molecular complexity index is 464. The van der Waals surface area contributed by atoms with Crippen molar-refractivity contribution in [3.8, 4) is 0 Å². The fourth-order valence-electron chi connectivity index (χ4n) is 1.78. The van der Waals surface area contributed by atoms with Gasteiger partial charge < -0.3 is 5.32 Å². The van der Waals surface area contributed by atoms with Crippen LogP contribution in [0.25, 0.3) is 0 Å². The Morgan fingerprint density at radius 1 is 1.33 bits per heavy atom. The van der Waals surface area contributed by atoms with Gasteiger partial charge >= 0.3 is 6.18 Å². The Hall–Kier alpha value is -0.820. The number of carbonyl (C=O) groups is 1. The molecule has 0 saturated carbocycles. The van der Waals surface area contributed by atoms with Gasteiger partial charge in [0.15, 0.2) is 0 Å². The molecule has 98 valence electrons. The highest BCUT2D eigenvalue weighted by atomic mass is 32.2. The third-order valence-corrected chi connectivity index (χ3v) is 4.16. The van der Waals surface area contributed by atoms with Crippen LogP contribution >= 0.6 is 24.4 Å². The van der Waals surface area contributed by atoms with Crippen molar-refractivity contribution in [2.45, 2.75) is 22.6 Å². The number of thioether (sulfide) groups is 1. The largest absolute Gasteiger partial charge is 0.416 e. The average molecular weight is 293 g/mol. The Kier molecular flexibility index (Phi) is 3.82. The van der Waals surface area contributed by atoms with E-state index < -0.39 is 17.0 Å². The highest BCUT2D eigenvalue weighted by Gasteiger charge is 2.36. The van der Waals surface area contributed by atoms with Gasteiger partial charge in [-0.15, -0.1) is 24.4 Å². The third kappa shape index (κ3) is 2.95. The Morgan fingerprint density at radius 2 is 2.00 bits per heavy atom. The highest BCUT2D eigenvalue weighted by molar-refractivity contribution is 8.11. The van der Waals surface area contributed by atoms with Gasteiger partial charge in [-0.1, -0.05) is 18.2 Å². The summed E-state index contributed by atoms with van der Waals surface area (Å²) < 4.78 is 38.0. The van der Waals surface area contributed by atoms with Crippen LogP contribution in [-0.2, 0) is 17.4 Å². The molecule has 1 heterocycles. The summed E-state index contributed by atoms with van der Waals surface area (Å²) in [5.41, 5.74) is -0.541. The lowest BCUT2D eigenvalue weighted by atomic mass is 10.0. The molecular weight excluding hydrogens is 283 g/mol. The highest BCUT2D eigenvalue weighted by Crippen LogP contribution is 2.35. The van der Waals surface area contributed by atoms with E-state index in [4.69, 9.17) is 0 Å². The Morgan fingerprint density at radius 3 is 2.56 bits per heavy atom. The summed E-state index contributed by atoms with van der Waals surface area (Å²) in [4.78, 5) is 11.5. The van der Waals surface area contributed by atoms with Crippen LogP contribution in [0.5, 0.6) is 0 Å². The van der Waals surface area contributed by atoms with E-state index in [0.717, 1.165) is 6.07 Å². The second kappa shape index (κ2) is 5.05. The maximum absolute atomic E-state index is 12.8. The van der Waals surface area contributed by atoms with Crippen LogP contribution < -0.4 is 5.32 Å². The quantitative estimate of drug-likeness (QED) is 0.821. The molecule has 2 rings (SSSR count). The van der Waals surface area contributed by atoms with Crippen LogP contribution in [0.1, 0.15) is 11.1 Å². The summed E-state index contributed by atoms with van der Waals surface area (Å²) in [6, 6.07) is 5.32. The van der Waals surface area contributed by atoms with Gasteiger partial charge in [-0.25, -0.2) is 0 Å². The number of hydrogen-bond donors (Lipinski definition) is 2. The first kappa shape index (κ1) is 13.6. The van der Waals surface area contributed by atoms with Crippen LogP contribution in [0.2, 0.25) is 0 Å². The molecule has 1 aliphatic heterocycles. The zero-order valence-corrected chi connectivity index (χ0v) is 10.8. The molecule has 7 heteroatoms. The maximum atomic E-state index is 12.8. The number of amides is 1. The molecule has 0 radical (unpaired) electrons. The monoisotopic (exact) mass is 293 g/mol. The maximum Gasteiger partial charge on any atom is 0.416 e. The lowest BCUT2D eigenvalue weighted by Gasteiger charge is -2.14. The molecule has 1 amide bonds. The van der Waals surface area contributed by atoms with E-state index in [0.29, 0.717) is 0 Å². The number of carbonyl (C=O) groups excluding carboxylic acids is 1. The van der Waals surface area contributed by atoms with Gasteiger partial charge in [0.05, 0.1) is 10.8 Å². The molecule has 0 aromatic heterocycles. The first-order valence-electron chi connectivity index (χ1n) is 5.17. The van der Waals surface area contributed by atoms with Gasteiger partial charge in [-0.2, -0.15) is 13.2 Å². The minimum absolute atomic E-state index is 0.0588. The van der Waals surface area contributed by atoms with E-state index in [9.17, 15) is 18.0 Å². The van der Waals surface area contributed by atoms with E-state index >= 15 is 0 Å². The molecule has 1 saturated heterocycles. The first-order chi connectivity index (χ1) is 8.38. The third-order valence-electron chi connectivity index (χ3n) is 2.58. The van der Waals surface area contributed by atoms with Crippen molar-refractivity contribution in [3.05, 3.63) is 35.4 Å². The molecule has 2 nitrogen and oxygen atoms in total. The molecule has 2 atom stereocenters. The summed E-state index contributed by atoms with van der Waals surface area (Å²) in [7, 11) is 0. The van der Waals surface area contributed by atoms with Gasteiger partial charge in [0.1, 0.15) is 4.71 Å². The standard InChI is InChI=1S/C11H10F3NOS2/c12-11(13,14)7-4-2-1-3-6(7)5-8-9(16)15-10(17)18-8/h1-4,8,10,17H,5H2,(H,15,16). The van der Waals surface area contributed by atoms with E-state index in [1.54, 1.807) is 6.07 Å². The van der Waals surface area contributed by atoms with Gasteiger partial charge in [0.25, 0.3) is 0 Å². The number of hydrogen-bond acceptors (Lipinski definition) is 3. The fraction of sp³-hybridized carbons (Fsp3) is 0.364. The zero-order valence-electron chi connectivity index (χ0n) is 9.07. The van der Waals surface area contributed by atoms with E-state index in [-0.39, 0.29) is 22.6 Å². The minimum atomic E-state index is -4.39. The first-order valence-corrected chi connectivity index (χ1v) is 6.63. The lowest BCUT2D eigenvalue weighted by molar-refractivity contribution is -0.138. The van der Waals surface area contributed by atoms with Crippen LogP contribution in [-0.4, -0.2) is 15.9 Å². The van der Waals surface area contributed by atoms with Crippen molar-refractivity contribution < 1.29 is 18.0 Å². The van der Waals surface area contributed by atoms with Gasteiger partial charge in [-0.05, 0) is 18.1 Å². The van der Waals surface area contributed by atoms with Gasteiger partial charge in [0, 0.05) is 0 Å².